The van der Waals surface area contributed by atoms with Crippen LogP contribution in [-0.2, 0) is 6.54 Å². The lowest BCUT2D eigenvalue weighted by atomic mass is 10.1. The number of nitrogens with zero attached hydrogens (tertiary/aromatic N) is 1. The molecule has 0 saturated carbocycles. The van der Waals surface area contributed by atoms with Gasteiger partial charge in [-0.1, -0.05) is 13.8 Å². The van der Waals surface area contributed by atoms with Gasteiger partial charge in [-0.3, -0.25) is 9.59 Å². The lowest BCUT2D eigenvalue weighted by Gasteiger charge is -2.12. The van der Waals surface area contributed by atoms with Gasteiger partial charge >= 0.3 is 17.1 Å². The van der Waals surface area contributed by atoms with Crippen LogP contribution in [0.25, 0.3) is 11.0 Å². The minimum absolute atomic E-state index is 0.0675. The van der Waals surface area contributed by atoms with Gasteiger partial charge in [0.1, 0.15) is 0 Å². The number of fused-ring (bicyclic) bond motifs is 1. The lowest BCUT2D eigenvalue weighted by Crippen LogP contribution is -2.37. The SMILES string of the molecule is CC(C)Cn1c(=O)c(=O)[nH]c2cc(C(=O)O)ccc21. The van der Waals surface area contributed by atoms with E-state index in [1.54, 1.807) is 6.07 Å². The summed E-state index contributed by atoms with van der Waals surface area (Å²) in [6.45, 7) is 4.28. The van der Waals surface area contributed by atoms with Crippen molar-refractivity contribution in [2.75, 3.05) is 0 Å². The molecule has 0 atom stereocenters. The summed E-state index contributed by atoms with van der Waals surface area (Å²) in [5.74, 6) is -0.883. The summed E-state index contributed by atoms with van der Waals surface area (Å²) in [5, 5.41) is 8.92. The molecule has 0 aliphatic rings. The summed E-state index contributed by atoms with van der Waals surface area (Å²) < 4.78 is 1.38. The fourth-order valence-electron chi connectivity index (χ4n) is 1.96. The largest absolute Gasteiger partial charge is 0.478 e. The average Bonchev–Trinajstić information content (AvgIpc) is 2.33. The Morgan fingerprint density at radius 2 is 2.05 bits per heavy atom. The molecule has 0 radical (unpaired) electrons. The van der Waals surface area contributed by atoms with Gasteiger partial charge in [-0.05, 0) is 24.1 Å². The van der Waals surface area contributed by atoms with Crippen LogP contribution in [-0.4, -0.2) is 20.6 Å². The Kier molecular flexibility index (Phi) is 3.25. The van der Waals surface area contributed by atoms with Gasteiger partial charge in [0.2, 0.25) is 0 Å². The van der Waals surface area contributed by atoms with Crippen LogP contribution in [0.3, 0.4) is 0 Å². The standard InChI is InChI=1S/C13H14N2O4/c1-7(2)6-15-10-4-3-8(13(18)19)5-9(10)14-11(16)12(15)17/h3-5,7H,6H2,1-2H3,(H,14,16)(H,18,19). The minimum Gasteiger partial charge on any atom is -0.478 e. The molecule has 0 spiro atoms. The zero-order valence-electron chi connectivity index (χ0n) is 10.6. The highest BCUT2D eigenvalue weighted by molar-refractivity contribution is 5.92. The monoisotopic (exact) mass is 262 g/mol. The van der Waals surface area contributed by atoms with E-state index in [1.807, 2.05) is 13.8 Å². The predicted molar refractivity (Wildman–Crippen MR) is 70.6 cm³/mol. The van der Waals surface area contributed by atoms with E-state index in [0.29, 0.717) is 17.6 Å². The number of benzene rings is 1. The van der Waals surface area contributed by atoms with Crippen LogP contribution < -0.4 is 11.1 Å². The molecular formula is C13H14N2O4. The molecule has 6 nitrogen and oxygen atoms in total. The van der Waals surface area contributed by atoms with Crippen molar-refractivity contribution in [2.45, 2.75) is 20.4 Å². The van der Waals surface area contributed by atoms with Gasteiger partial charge in [0.05, 0.1) is 16.6 Å². The molecule has 19 heavy (non-hydrogen) atoms. The summed E-state index contributed by atoms with van der Waals surface area (Å²) in [6.07, 6.45) is 0. The number of aromatic carboxylic acids is 1. The number of H-pyrrole nitrogens is 1. The van der Waals surface area contributed by atoms with Gasteiger partial charge in [-0.2, -0.15) is 0 Å². The topological polar surface area (TPSA) is 92.2 Å². The van der Waals surface area contributed by atoms with Crippen LogP contribution in [0.5, 0.6) is 0 Å². The third-order valence-electron chi connectivity index (χ3n) is 2.77. The Labute approximate surface area is 108 Å². The molecule has 0 saturated heterocycles. The van der Waals surface area contributed by atoms with Crippen molar-refractivity contribution in [2.24, 2.45) is 5.92 Å². The molecule has 6 heteroatoms. The molecule has 1 aromatic heterocycles. The minimum atomic E-state index is -1.08. The average molecular weight is 262 g/mol. The zero-order valence-corrected chi connectivity index (χ0v) is 10.6. The third kappa shape index (κ3) is 2.42. The van der Waals surface area contributed by atoms with E-state index in [0.717, 1.165) is 0 Å². The van der Waals surface area contributed by atoms with Crippen LogP contribution in [0.4, 0.5) is 0 Å². The van der Waals surface area contributed by atoms with Crippen LogP contribution >= 0.6 is 0 Å². The maximum atomic E-state index is 11.8. The van der Waals surface area contributed by atoms with Crippen LogP contribution in [0, 0.1) is 5.92 Å². The molecule has 0 fully saturated rings. The Bertz CT molecular complexity index is 755. The second kappa shape index (κ2) is 4.72. The molecule has 1 heterocycles. The first-order valence-corrected chi connectivity index (χ1v) is 5.90. The quantitative estimate of drug-likeness (QED) is 0.808. The molecule has 0 aliphatic carbocycles. The van der Waals surface area contributed by atoms with Crippen molar-refractivity contribution in [3.05, 3.63) is 44.5 Å². The van der Waals surface area contributed by atoms with E-state index < -0.39 is 17.1 Å². The fraction of sp³-hybridized carbons (Fsp3) is 0.308. The van der Waals surface area contributed by atoms with Crippen molar-refractivity contribution in [3.8, 4) is 0 Å². The van der Waals surface area contributed by atoms with E-state index in [-0.39, 0.29) is 11.5 Å². The number of aromatic amines is 1. The Balaban J connectivity index is 2.79. The van der Waals surface area contributed by atoms with Gasteiger partial charge in [-0.15, -0.1) is 0 Å². The normalized spacial score (nSPS) is 11.1. The lowest BCUT2D eigenvalue weighted by molar-refractivity contribution is 0.0697. The highest BCUT2D eigenvalue weighted by atomic mass is 16.4. The second-order valence-corrected chi connectivity index (χ2v) is 4.80. The van der Waals surface area contributed by atoms with E-state index in [1.165, 1.54) is 16.7 Å². The molecule has 100 valence electrons. The van der Waals surface area contributed by atoms with Crippen molar-refractivity contribution >= 4 is 17.0 Å². The maximum absolute atomic E-state index is 11.8. The first-order valence-electron chi connectivity index (χ1n) is 5.90. The first kappa shape index (κ1) is 13.1. The number of hydrogen-bond donors (Lipinski definition) is 2. The third-order valence-corrected chi connectivity index (χ3v) is 2.77. The molecule has 2 aromatic rings. The summed E-state index contributed by atoms with van der Waals surface area (Å²) in [4.78, 5) is 36.7. The van der Waals surface area contributed by atoms with Crippen molar-refractivity contribution in [3.63, 3.8) is 0 Å². The molecular weight excluding hydrogens is 248 g/mol. The van der Waals surface area contributed by atoms with Gasteiger partial charge in [0.25, 0.3) is 0 Å². The number of rotatable bonds is 3. The van der Waals surface area contributed by atoms with Crippen molar-refractivity contribution in [1.82, 2.24) is 9.55 Å². The Morgan fingerprint density at radius 1 is 1.37 bits per heavy atom. The molecule has 0 bridgehead atoms. The fourth-order valence-corrected chi connectivity index (χ4v) is 1.96. The molecule has 2 N–H and O–H groups in total. The Hall–Kier alpha value is -2.37. The molecule has 0 aliphatic heterocycles. The number of aromatic nitrogens is 2. The van der Waals surface area contributed by atoms with Gasteiger partial charge in [-0.25, -0.2) is 4.79 Å². The number of carboxylic acid groups (broad SMARTS) is 1. The molecule has 2 rings (SSSR count). The smallest absolute Gasteiger partial charge is 0.335 e. The number of hydrogen-bond acceptors (Lipinski definition) is 3. The maximum Gasteiger partial charge on any atom is 0.335 e. The van der Waals surface area contributed by atoms with E-state index in [4.69, 9.17) is 5.11 Å². The van der Waals surface area contributed by atoms with Crippen LogP contribution in [0.1, 0.15) is 24.2 Å². The highest BCUT2D eigenvalue weighted by Crippen LogP contribution is 2.12. The van der Waals surface area contributed by atoms with Gasteiger partial charge in [0, 0.05) is 6.54 Å². The highest BCUT2D eigenvalue weighted by Gasteiger charge is 2.11. The summed E-state index contributed by atoms with van der Waals surface area (Å²) >= 11 is 0. The van der Waals surface area contributed by atoms with Crippen molar-refractivity contribution < 1.29 is 9.90 Å². The predicted octanol–water partition coefficient (Wildman–Crippen LogP) is 1.04. The van der Waals surface area contributed by atoms with E-state index in [2.05, 4.69) is 4.98 Å². The molecule has 0 unspecified atom stereocenters. The van der Waals surface area contributed by atoms with Crippen LogP contribution in [0.2, 0.25) is 0 Å². The number of nitrogens with one attached hydrogen (secondary N) is 1. The summed E-state index contributed by atoms with van der Waals surface area (Å²) in [7, 11) is 0. The summed E-state index contributed by atoms with van der Waals surface area (Å²) in [5.41, 5.74) is -0.411. The van der Waals surface area contributed by atoms with Crippen molar-refractivity contribution in [1.29, 1.82) is 0 Å². The van der Waals surface area contributed by atoms with Gasteiger partial charge < -0.3 is 14.7 Å². The van der Waals surface area contributed by atoms with E-state index in [9.17, 15) is 14.4 Å². The molecule has 1 aromatic carbocycles. The molecule has 0 amide bonds. The zero-order chi connectivity index (χ0) is 14.2. The summed E-state index contributed by atoms with van der Waals surface area (Å²) in [6, 6.07) is 4.31. The van der Waals surface area contributed by atoms with E-state index >= 15 is 0 Å². The second-order valence-electron chi connectivity index (χ2n) is 4.80. The van der Waals surface area contributed by atoms with Crippen LogP contribution in [0.15, 0.2) is 27.8 Å². The Morgan fingerprint density at radius 3 is 2.63 bits per heavy atom. The number of carboxylic acids is 1. The van der Waals surface area contributed by atoms with Gasteiger partial charge in [0.15, 0.2) is 0 Å². The number of carbonyl (C=O) groups is 1. The first-order chi connectivity index (χ1) is 8.90.